The quantitative estimate of drug-likeness (QED) is 0.222. The van der Waals surface area contributed by atoms with Gasteiger partial charge in [-0.25, -0.2) is 0 Å². The first-order valence-electron chi connectivity index (χ1n) is 16.9. The van der Waals surface area contributed by atoms with Gasteiger partial charge in [-0.05, 0) is 71.4 Å². The van der Waals surface area contributed by atoms with Gasteiger partial charge in [-0.1, -0.05) is 186 Å². The third-order valence-electron chi connectivity index (χ3n) is 18.5. The largest absolute Gasteiger partial charge is 0.0649 e. The molecule has 0 N–H and O–H groups in total. The van der Waals surface area contributed by atoms with Gasteiger partial charge >= 0.3 is 0 Å². The summed E-state index contributed by atoms with van der Waals surface area (Å²) in [6.45, 7) is 66.1. The molecule has 0 aromatic carbocycles. The number of hydrogen-bond donors (Lipinski definition) is 0. The molecule has 0 aliphatic carbocycles. The Bertz CT molecular complexity index is 854. The Kier molecular flexibility index (Phi) is 10.6. The highest BCUT2D eigenvalue weighted by molar-refractivity contribution is 5.16. The molecular weight excluding hydrogens is 480 g/mol. The van der Waals surface area contributed by atoms with Crippen LogP contribution in [-0.2, 0) is 0 Å². The zero-order chi connectivity index (χ0) is 33.4. The summed E-state index contributed by atoms with van der Waals surface area (Å²) < 4.78 is 0. The van der Waals surface area contributed by atoms with Crippen LogP contribution >= 0.6 is 0 Å². The first kappa shape index (κ1) is 40.0. The van der Waals surface area contributed by atoms with E-state index in [0.29, 0.717) is 17.3 Å². The normalized spacial score (nSPS) is 18.1. The lowest BCUT2D eigenvalue weighted by Gasteiger charge is -2.72. The predicted molar refractivity (Wildman–Crippen MR) is 186 cm³/mol. The average Bonchev–Trinajstić information content (AvgIpc) is 2.75. The Labute approximate surface area is 257 Å². The summed E-state index contributed by atoms with van der Waals surface area (Å²) in [7, 11) is 0. The van der Waals surface area contributed by atoms with Gasteiger partial charge in [-0.15, -0.1) is 0 Å². The van der Waals surface area contributed by atoms with Crippen molar-refractivity contribution in [3.05, 3.63) is 0 Å². The molecule has 0 spiro atoms. The molecule has 0 aromatic heterocycles. The van der Waals surface area contributed by atoms with Crippen LogP contribution in [0.4, 0.5) is 0 Å². The van der Waals surface area contributed by atoms with Crippen LogP contribution in [0.25, 0.3) is 0 Å². The Morgan fingerprint density at radius 3 is 0.775 bits per heavy atom. The molecule has 0 bridgehead atoms. The van der Waals surface area contributed by atoms with Crippen LogP contribution < -0.4 is 0 Å². The smallest absolute Gasteiger partial charge is 0.0241 e. The monoisotopic (exact) mass is 563 g/mol. The van der Waals surface area contributed by atoms with Gasteiger partial charge in [0, 0.05) is 0 Å². The zero-order valence-corrected chi connectivity index (χ0v) is 33.4. The molecule has 0 heteroatoms. The minimum Gasteiger partial charge on any atom is -0.0649 e. The van der Waals surface area contributed by atoms with Crippen molar-refractivity contribution in [3.63, 3.8) is 0 Å². The van der Waals surface area contributed by atoms with E-state index in [2.05, 4.69) is 180 Å². The van der Waals surface area contributed by atoms with Crippen molar-refractivity contribution in [1.82, 2.24) is 0 Å². The van der Waals surface area contributed by atoms with E-state index in [9.17, 15) is 0 Å². The van der Waals surface area contributed by atoms with Gasteiger partial charge in [0.25, 0.3) is 0 Å². The van der Waals surface area contributed by atoms with Gasteiger partial charge in [0.1, 0.15) is 0 Å². The summed E-state index contributed by atoms with van der Waals surface area (Å²) in [5.41, 5.74) is 1.32. The van der Waals surface area contributed by atoms with E-state index in [0.717, 1.165) is 0 Å². The van der Waals surface area contributed by atoms with E-state index in [-0.39, 0.29) is 54.1 Å². The lowest BCUT2D eigenvalue weighted by Crippen LogP contribution is -2.65. The van der Waals surface area contributed by atoms with Crippen molar-refractivity contribution >= 4 is 0 Å². The van der Waals surface area contributed by atoms with E-state index in [1.165, 1.54) is 6.42 Å². The van der Waals surface area contributed by atoms with Gasteiger partial charge in [0.05, 0.1) is 0 Å². The maximum absolute atomic E-state index is 2.61. The summed E-state index contributed by atoms with van der Waals surface area (Å²) >= 11 is 0. The number of rotatable bonds is 12. The molecule has 0 unspecified atom stereocenters. The van der Waals surface area contributed by atoms with Crippen LogP contribution in [0.1, 0.15) is 186 Å². The molecule has 242 valence electrons. The van der Waals surface area contributed by atoms with Gasteiger partial charge in [0.15, 0.2) is 0 Å². The van der Waals surface area contributed by atoms with E-state index >= 15 is 0 Å². The molecule has 0 nitrogen and oxygen atoms in total. The van der Waals surface area contributed by atoms with Gasteiger partial charge in [-0.2, -0.15) is 0 Å². The maximum atomic E-state index is 2.61. The second kappa shape index (κ2) is 10.6. The molecular formula is C40H82. The third-order valence-corrected chi connectivity index (χ3v) is 18.5. The molecule has 0 amide bonds. The fourth-order valence-electron chi connectivity index (χ4n) is 8.62. The first-order chi connectivity index (χ1) is 16.9. The third kappa shape index (κ3) is 5.20. The predicted octanol–water partition coefficient (Wildman–Crippen LogP) is 14.0. The fraction of sp³-hybridized carbons (Fsp3) is 1.00. The van der Waals surface area contributed by atoms with Crippen molar-refractivity contribution < 1.29 is 0 Å². The maximum Gasteiger partial charge on any atom is -0.0241 e. The van der Waals surface area contributed by atoms with Gasteiger partial charge in [-0.3, -0.25) is 0 Å². The van der Waals surface area contributed by atoms with Gasteiger partial charge < -0.3 is 0 Å². The molecule has 40 heavy (non-hydrogen) atoms. The van der Waals surface area contributed by atoms with E-state index in [1.807, 2.05) is 0 Å². The minimum atomic E-state index is 0.0448. The standard InChI is InChI=1S/C40H82/c1-27-31(7,8)28(2)29(3)32(9,10)34(13,14)36(17,18)38(21,22)40(25,26)39(23,24)37(19,20)35(15,16)33(11,12)30(4,5)6/h28-29H,27H2,1-26H3/t28-,29-/m1/s1. The van der Waals surface area contributed by atoms with Crippen molar-refractivity contribution in [2.75, 3.05) is 0 Å². The van der Waals surface area contributed by atoms with Gasteiger partial charge in [0.2, 0.25) is 0 Å². The lowest BCUT2D eigenvalue weighted by atomic mass is 9.33. The summed E-state index contributed by atoms with van der Waals surface area (Å²) in [4.78, 5) is 0. The Balaban J connectivity index is 7.16. The Morgan fingerprint density at radius 2 is 0.550 bits per heavy atom. The highest BCUT2D eigenvalue weighted by atomic mass is 14.7. The first-order valence-corrected chi connectivity index (χ1v) is 16.9. The van der Waals surface area contributed by atoms with Crippen LogP contribution in [0.5, 0.6) is 0 Å². The van der Waals surface area contributed by atoms with Crippen molar-refractivity contribution in [1.29, 1.82) is 0 Å². The zero-order valence-electron chi connectivity index (χ0n) is 33.4. The van der Waals surface area contributed by atoms with Crippen molar-refractivity contribution in [2.24, 2.45) is 71.4 Å². The molecule has 2 atom stereocenters. The van der Waals surface area contributed by atoms with Crippen LogP contribution in [0.3, 0.4) is 0 Å². The Hall–Kier alpha value is 0. The van der Waals surface area contributed by atoms with Crippen LogP contribution in [0.15, 0.2) is 0 Å². The lowest BCUT2D eigenvalue weighted by molar-refractivity contribution is -0.236. The van der Waals surface area contributed by atoms with Crippen molar-refractivity contribution in [2.45, 2.75) is 186 Å². The molecule has 0 fully saturated rings. The van der Waals surface area contributed by atoms with Crippen LogP contribution in [0, 0.1) is 71.4 Å². The van der Waals surface area contributed by atoms with Crippen molar-refractivity contribution in [3.8, 4) is 0 Å². The topological polar surface area (TPSA) is 0 Å². The molecule has 0 rings (SSSR count). The summed E-state index contributed by atoms with van der Waals surface area (Å²) in [5.74, 6) is 1.25. The summed E-state index contributed by atoms with van der Waals surface area (Å²) in [5, 5.41) is 0. The van der Waals surface area contributed by atoms with Crippen LogP contribution in [-0.4, -0.2) is 0 Å². The van der Waals surface area contributed by atoms with Crippen LogP contribution in [0.2, 0.25) is 0 Å². The highest BCUT2D eigenvalue weighted by Gasteiger charge is 2.68. The van der Waals surface area contributed by atoms with E-state index in [4.69, 9.17) is 0 Å². The van der Waals surface area contributed by atoms with E-state index in [1.54, 1.807) is 0 Å². The molecule has 0 aliphatic rings. The fourth-order valence-corrected chi connectivity index (χ4v) is 8.62. The summed E-state index contributed by atoms with van der Waals surface area (Å²) in [6.07, 6.45) is 1.22. The molecule has 0 aliphatic heterocycles. The number of hydrogen-bond acceptors (Lipinski definition) is 0. The second-order valence-corrected chi connectivity index (χ2v) is 20.9. The highest BCUT2D eigenvalue weighted by Crippen LogP contribution is 2.74. The molecule has 0 radical (unpaired) electrons. The average molecular weight is 563 g/mol. The molecule has 0 saturated heterocycles. The minimum absolute atomic E-state index is 0.0448. The second-order valence-electron chi connectivity index (χ2n) is 20.9. The molecule has 0 saturated carbocycles. The molecule has 0 heterocycles. The SMILES string of the molecule is CCC(C)(C)[C@H](C)[C@@H](C)C(C)(C)C(C)(C)C(C)(C)C(C)(C)C(C)(C)C(C)(C)C(C)(C)C(C)(C)C(C)(C)C(C)(C)C. The van der Waals surface area contributed by atoms with E-state index < -0.39 is 0 Å². The summed E-state index contributed by atoms with van der Waals surface area (Å²) in [6, 6.07) is 0. The Morgan fingerprint density at radius 1 is 0.325 bits per heavy atom. The molecule has 0 aromatic rings.